The van der Waals surface area contributed by atoms with E-state index in [-0.39, 0.29) is 5.84 Å². The number of nitrogens with zero attached hydrogens (tertiary/aromatic N) is 1. The van der Waals surface area contributed by atoms with Gasteiger partial charge in [-0.15, -0.1) is 0 Å². The Balaban J connectivity index is 2.10. The quantitative estimate of drug-likeness (QED) is 0.656. The van der Waals surface area contributed by atoms with E-state index in [0.29, 0.717) is 22.9 Å². The first kappa shape index (κ1) is 12.4. The summed E-state index contributed by atoms with van der Waals surface area (Å²) in [4.78, 5) is 3.96. The number of hydrogen-bond donors (Lipinski definition) is 2. The Morgan fingerprint density at radius 1 is 1.28 bits per heavy atom. The number of nitrogen functional groups attached to an aromatic ring is 1. The fraction of sp³-hybridized carbons (Fsp3) is 0.0769. The molecule has 0 aliphatic rings. The number of ether oxygens (including phenoxy) is 1. The Morgan fingerprint density at radius 2 is 2.00 bits per heavy atom. The molecular formula is C13H12ClN3O. The number of halogens is 1. The van der Waals surface area contributed by atoms with Gasteiger partial charge in [0.2, 0.25) is 0 Å². The Labute approximate surface area is 110 Å². The van der Waals surface area contributed by atoms with Crippen LogP contribution in [0.1, 0.15) is 11.1 Å². The maximum atomic E-state index is 7.44. The summed E-state index contributed by atoms with van der Waals surface area (Å²) in [6, 6.07) is 9.02. The molecule has 0 unspecified atom stereocenters. The molecule has 0 radical (unpaired) electrons. The minimum absolute atomic E-state index is 0.0384. The molecule has 0 saturated heterocycles. The summed E-state index contributed by atoms with van der Waals surface area (Å²) in [6.07, 6.45) is 3.12. The highest BCUT2D eigenvalue weighted by Gasteiger charge is 2.06. The fourth-order valence-electron chi connectivity index (χ4n) is 1.46. The predicted octanol–water partition coefficient (Wildman–Crippen LogP) is 2.60. The highest BCUT2D eigenvalue weighted by atomic mass is 35.5. The van der Waals surface area contributed by atoms with Crippen molar-refractivity contribution in [3.05, 3.63) is 58.9 Å². The van der Waals surface area contributed by atoms with Crippen LogP contribution in [0.25, 0.3) is 0 Å². The first-order valence-corrected chi connectivity index (χ1v) is 5.70. The van der Waals surface area contributed by atoms with Crippen LogP contribution in [0, 0.1) is 5.41 Å². The predicted molar refractivity (Wildman–Crippen MR) is 71.0 cm³/mol. The first-order chi connectivity index (χ1) is 8.66. The van der Waals surface area contributed by atoms with Crippen molar-refractivity contribution in [3.8, 4) is 5.75 Å². The number of hydrogen-bond acceptors (Lipinski definition) is 3. The van der Waals surface area contributed by atoms with E-state index in [4.69, 9.17) is 27.5 Å². The molecule has 1 heterocycles. The largest absolute Gasteiger partial charge is 0.487 e. The lowest BCUT2D eigenvalue weighted by Gasteiger charge is -2.09. The highest BCUT2D eigenvalue weighted by molar-refractivity contribution is 6.30. The summed E-state index contributed by atoms with van der Waals surface area (Å²) in [6.45, 7) is 0.378. The number of nitrogens with two attached hydrogens (primary N) is 1. The highest BCUT2D eigenvalue weighted by Crippen LogP contribution is 2.18. The summed E-state index contributed by atoms with van der Waals surface area (Å²) in [5, 5.41) is 8.12. The third-order valence-electron chi connectivity index (χ3n) is 2.38. The molecule has 0 fully saturated rings. The van der Waals surface area contributed by atoms with Crippen LogP contribution in [0.15, 0.2) is 42.7 Å². The molecular weight excluding hydrogens is 250 g/mol. The number of aromatic nitrogens is 1. The topological polar surface area (TPSA) is 72.0 Å². The van der Waals surface area contributed by atoms with E-state index in [1.807, 2.05) is 12.1 Å². The van der Waals surface area contributed by atoms with Crippen LogP contribution in [0.3, 0.4) is 0 Å². The third kappa shape index (κ3) is 2.99. The average Bonchev–Trinajstić information content (AvgIpc) is 2.38. The van der Waals surface area contributed by atoms with Gasteiger partial charge in [-0.3, -0.25) is 10.4 Å². The van der Waals surface area contributed by atoms with Gasteiger partial charge in [-0.1, -0.05) is 23.7 Å². The van der Waals surface area contributed by atoms with Crippen molar-refractivity contribution >= 4 is 17.4 Å². The van der Waals surface area contributed by atoms with Crippen LogP contribution in [-0.2, 0) is 6.61 Å². The van der Waals surface area contributed by atoms with Crippen LogP contribution < -0.4 is 10.5 Å². The molecule has 0 saturated carbocycles. The lowest BCUT2D eigenvalue weighted by atomic mass is 10.2. The Kier molecular flexibility index (Phi) is 3.79. The molecule has 1 aromatic heterocycles. The van der Waals surface area contributed by atoms with E-state index in [9.17, 15) is 0 Å². The second-order valence-electron chi connectivity index (χ2n) is 3.70. The Bertz CT molecular complexity index is 554. The lowest BCUT2D eigenvalue weighted by Crippen LogP contribution is -2.13. The van der Waals surface area contributed by atoms with Crippen molar-refractivity contribution in [2.45, 2.75) is 6.61 Å². The molecule has 0 bridgehead atoms. The van der Waals surface area contributed by atoms with Gasteiger partial charge < -0.3 is 10.5 Å². The van der Waals surface area contributed by atoms with Gasteiger partial charge in [-0.2, -0.15) is 0 Å². The van der Waals surface area contributed by atoms with Gasteiger partial charge in [0, 0.05) is 11.2 Å². The van der Waals surface area contributed by atoms with Gasteiger partial charge in [-0.25, -0.2) is 0 Å². The van der Waals surface area contributed by atoms with Gasteiger partial charge in [0.05, 0.1) is 11.8 Å². The third-order valence-corrected chi connectivity index (χ3v) is 2.63. The smallest absolute Gasteiger partial charge is 0.148 e. The summed E-state index contributed by atoms with van der Waals surface area (Å²) >= 11 is 5.80. The van der Waals surface area contributed by atoms with E-state index >= 15 is 0 Å². The van der Waals surface area contributed by atoms with Crippen molar-refractivity contribution in [1.29, 1.82) is 5.41 Å². The van der Waals surface area contributed by atoms with Crippen LogP contribution >= 0.6 is 11.6 Å². The van der Waals surface area contributed by atoms with Gasteiger partial charge >= 0.3 is 0 Å². The minimum Gasteiger partial charge on any atom is -0.487 e. The second kappa shape index (κ2) is 5.51. The number of benzene rings is 1. The van der Waals surface area contributed by atoms with Crippen molar-refractivity contribution in [2.24, 2.45) is 5.73 Å². The second-order valence-corrected chi connectivity index (χ2v) is 4.14. The molecule has 2 rings (SSSR count). The molecule has 3 N–H and O–H groups in total. The Morgan fingerprint density at radius 3 is 2.67 bits per heavy atom. The molecule has 0 atom stereocenters. The van der Waals surface area contributed by atoms with Crippen molar-refractivity contribution in [2.75, 3.05) is 0 Å². The summed E-state index contributed by atoms with van der Waals surface area (Å²) in [5.74, 6) is 0.462. The molecule has 0 aliphatic carbocycles. The van der Waals surface area contributed by atoms with E-state index in [1.54, 1.807) is 30.6 Å². The summed E-state index contributed by atoms with van der Waals surface area (Å²) in [5.41, 5.74) is 6.99. The minimum atomic E-state index is -0.0384. The van der Waals surface area contributed by atoms with E-state index in [2.05, 4.69) is 4.98 Å². The first-order valence-electron chi connectivity index (χ1n) is 5.32. The monoisotopic (exact) mass is 261 g/mol. The molecule has 5 heteroatoms. The number of pyridine rings is 1. The SMILES string of the molecule is N=C(N)c1ccncc1OCc1ccc(Cl)cc1. The van der Waals surface area contributed by atoms with Crippen LogP contribution in [0.2, 0.25) is 5.02 Å². The lowest BCUT2D eigenvalue weighted by molar-refractivity contribution is 0.304. The van der Waals surface area contributed by atoms with Crippen molar-refractivity contribution in [1.82, 2.24) is 4.98 Å². The van der Waals surface area contributed by atoms with Gasteiger partial charge in [0.1, 0.15) is 18.2 Å². The zero-order valence-corrected chi connectivity index (χ0v) is 10.3. The van der Waals surface area contributed by atoms with Crippen molar-refractivity contribution in [3.63, 3.8) is 0 Å². The molecule has 4 nitrogen and oxygen atoms in total. The van der Waals surface area contributed by atoms with E-state index in [1.165, 1.54) is 0 Å². The Hall–Kier alpha value is -2.07. The molecule has 0 amide bonds. The number of rotatable bonds is 4. The molecule has 2 aromatic rings. The van der Waals surface area contributed by atoms with Gasteiger partial charge in [-0.05, 0) is 23.8 Å². The zero-order valence-electron chi connectivity index (χ0n) is 9.56. The summed E-state index contributed by atoms with van der Waals surface area (Å²) < 4.78 is 5.60. The fourth-order valence-corrected chi connectivity index (χ4v) is 1.59. The number of nitrogens with one attached hydrogen (secondary N) is 1. The van der Waals surface area contributed by atoms with Crippen LogP contribution in [0.5, 0.6) is 5.75 Å². The molecule has 1 aromatic carbocycles. The standard InChI is InChI=1S/C13H12ClN3O/c14-10-3-1-9(2-4-10)8-18-12-7-17-6-5-11(12)13(15)16/h1-7H,8H2,(H3,15,16). The van der Waals surface area contributed by atoms with Crippen molar-refractivity contribution < 1.29 is 4.74 Å². The maximum Gasteiger partial charge on any atom is 0.148 e. The molecule has 0 spiro atoms. The van der Waals surface area contributed by atoms with Crippen LogP contribution in [-0.4, -0.2) is 10.8 Å². The average molecular weight is 262 g/mol. The zero-order chi connectivity index (χ0) is 13.0. The summed E-state index contributed by atoms with van der Waals surface area (Å²) in [7, 11) is 0. The molecule has 0 aliphatic heterocycles. The molecule has 92 valence electrons. The van der Waals surface area contributed by atoms with E-state index < -0.39 is 0 Å². The molecule has 18 heavy (non-hydrogen) atoms. The van der Waals surface area contributed by atoms with Gasteiger partial charge in [0.25, 0.3) is 0 Å². The van der Waals surface area contributed by atoms with E-state index in [0.717, 1.165) is 5.56 Å². The van der Waals surface area contributed by atoms with Gasteiger partial charge in [0.15, 0.2) is 0 Å². The maximum absolute atomic E-state index is 7.44. The van der Waals surface area contributed by atoms with Crippen LogP contribution in [0.4, 0.5) is 0 Å². The number of amidine groups is 1. The normalized spacial score (nSPS) is 10.1.